The van der Waals surface area contributed by atoms with Crippen LogP contribution in [0, 0.1) is 0 Å². The predicted octanol–water partition coefficient (Wildman–Crippen LogP) is 0.579. The van der Waals surface area contributed by atoms with Gasteiger partial charge in [0.1, 0.15) is 0 Å². The molecule has 15 heavy (non-hydrogen) atoms. The molecular formula is C11H26N2O2. The van der Waals surface area contributed by atoms with E-state index >= 15 is 0 Å². The number of nitrogens with one attached hydrogen (secondary N) is 1. The van der Waals surface area contributed by atoms with E-state index in [4.69, 9.17) is 9.47 Å². The quantitative estimate of drug-likeness (QED) is 0.574. The van der Waals surface area contributed by atoms with E-state index in [1.165, 1.54) is 0 Å². The summed E-state index contributed by atoms with van der Waals surface area (Å²) in [6.07, 6.45) is 0. The highest BCUT2D eigenvalue weighted by Gasteiger charge is 2.18. The van der Waals surface area contributed by atoms with Crippen molar-refractivity contribution < 1.29 is 9.47 Å². The van der Waals surface area contributed by atoms with Crippen LogP contribution in [-0.4, -0.2) is 64.6 Å². The van der Waals surface area contributed by atoms with Gasteiger partial charge in [-0.1, -0.05) is 0 Å². The maximum absolute atomic E-state index is 5.35. The average Bonchev–Trinajstić information content (AvgIpc) is 2.16. The Kier molecular flexibility index (Phi) is 7.96. The van der Waals surface area contributed by atoms with E-state index in [1.54, 1.807) is 7.11 Å². The van der Waals surface area contributed by atoms with Crippen LogP contribution in [0.1, 0.15) is 13.8 Å². The lowest BCUT2D eigenvalue weighted by molar-refractivity contribution is 0.0704. The lowest BCUT2D eigenvalue weighted by Crippen LogP contribution is -2.47. The number of nitrogens with zero attached hydrogens (tertiary/aromatic N) is 1. The van der Waals surface area contributed by atoms with Gasteiger partial charge >= 0.3 is 0 Å². The third kappa shape index (κ3) is 7.73. The van der Waals surface area contributed by atoms with Gasteiger partial charge in [0.15, 0.2) is 0 Å². The highest BCUT2D eigenvalue weighted by atomic mass is 16.5. The number of ether oxygens (including phenoxy) is 2. The van der Waals surface area contributed by atoms with Gasteiger partial charge in [-0.3, -0.25) is 0 Å². The minimum atomic E-state index is 0.187. The normalized spacial score (nSPS) is 12.4. The van der Waals surface area contributed by atoms with Crippen LogP contribution in [0.4, 0.5) is 0 Å². The van der Waals surface area contributed by atoms with E-state index in [-0.39, 0.29) is 5.54 Å². The topological polar surface area (TPSA) is 33.7 Å². The zero-order valence-corrected chi connectivity index (χ0v) is 10.8. The lowest BCUT2D eigenvalue weighted by atomic mass is 10.0. The summed E-state index contributed by atoms with van der Waals surface area (Å²) in [7, 11) is 5.87. The molecule has 0 unspecified atom stereocenters. The van der Waals surface area contributed by atoms with Crippen molar-refractivity contribution in [3.05, 3.63) is 0 Å². The molecule has 92 valence electrons. The first-order valence-corrected chi connectivity index (χ1v) is 5.45. The molecule has 0 atom stereocenters. The number of methoxy groups -OCH3 is 1. The Morgan fingerprint density at radius 1 is 1.13 bits per heavy atom. The highest BCUT2D eigenvalue weighted by molar-refractivity contribution is 4.79. The summed E-state index contributed by atoms with van der Waals surface area (Å²) in [4.78, 5) is 2.21. The van der Waals surface area contributed by atoms with Gasteiger partial charge in [0.05, 0.1) is 19.8 Å². The van der Waals surface area contributed by atoms with Gasteiger partial charge in [0, 0.05) is 25.7 Å². The van der Waals surface area contributed by atoms with Crippen LogP contribution < -0.4 is 5.32 Å². The number of hydrogen-bond donors (Lipinski definition) is 1. The fraction of sp³-hybridized carbons (Fsp3) is 1.00. The van der Waals surface area contributed by atoms with Crippen LogP contribution in [0.2, 0.25) is 0 Å². The number of likely N-dealkylation sites (N-methyl/N-ethyl adjacent to an activating group) is 1. The molecule has 0 heterocycles. The van der Waals surface area contributed by atoms with Crippen LogP contribution in [0.25, 0.3) is 0 Å². The van der Waals surface area contributed by atoms with E-state index in [0.717, 1.165) is 19.7 Å². The first-order chi connectivity index (χ1) is 7.00. The monoisotopic (exact) mass is 218 g/mol. The molecule has 4 nitrogen and oxygen atoms in total. The van der Waals surface area contributed by atoms with Crippen LogP contribution in [0.5, 0.6) is 0 Å². The Labute approximate surface area is 93.9 Å². The molecule has 0 aliphatic rings. The molecule has 0 spiro atoms. The first-order valence-electron chi connectivity index (χ1n) is 5.45. The summed E-state index contributed by atoms with van der Waals surface area (Å²) in [5, 5.41) is 3.38. The second-order valence-electron chi connectivity index (χ2n) is 4.49. The standard InChI is InChI=1S/C11H26N2O2/c1-11(2,13(3)4)10-12-6-7-15-9-8-14-5/h12H,6-10H2,1-5H3. The Morgan fingerprint density at radius 2 is 1.80 bits per heavy atom. The summed E-state index contributed by atoms with van der Waals surface area (Å²) in [6, 6.07) is 0. The van der Waals surface area contributed by atoms with Gasteiger partial charge in [-0.25, -0.2) is 0 Å². The van der Waals surface area contributed by atoms with Crippen molar-refractivity contribution in [1.29, 1.82) is 0 Å². The van der Waals surface area contributed by atoms with Crippen LogP contribution in [-0.2, 0) is 9.47 Å². The molecule has 0 rings (SSSR count). The smallest absolute Gasteiger partial charge is 0.0700 e. The Morgan fingerprint density at radius 3 is 2.33 bits per heavy atom. The fourth-order valence-corrected chi connectivity index (χ4v) is 0.941. The zero-order valence-electron chi connectivity index (χ0n) is 10.8. The van der Waals surface area contributed by atoms with E-state index in [9.17, 15) is 0 Å². The van der Waals surface area contributed by atoms with Crippen LogP contribution in [0.15, 0.2) is 0 Å². The van der Waals surface area contributed by atoms with Gasteiger partial charge < -0.3 is 19.7 Å². The number of hydrogen-bond acceptors (Lipinski definition) is 4. The fourth-order valence-electron chi connectivity index (χ4n) is 0.941. The Bertz CT molecular complexity index is 150. The molecule has 0 radical (unpaired) electrons. The summed E-state index contributed by atoms with van der Waals surface area (Å²) < 4.78 is 10.2. The molecule has 1 N–H and O–H groups in total. The maximum Gasteiger partial charge on any atom is 0.0700 e. The van der Waals surface area contributed by atoms with Gasteiger partial charge in [-0.2, -0.15) is 0 Å². The molecule has 0 fully saturated rings. The van der Waals surface area contributed by atoms with E-state index in [1.807, 2.05) is 0 Å². The molecule has 0 saturated carbocycles. The second kappa shape index (κ2) is 8.05. The van der Waals surface area contributed by atoms with Crippen molar-refractivity contribution in [2.24, 2.45) is 0 Å². The van der Waals surface area contributed by atoms with Crippen molar-refractivity contribution in [3.63, 3.8) is 0 Å². The first kappa shape index (κ1) is 14.8. The SMILES string of the molecule is COCCOCCNCC(C)(C)N(C)C. The maximum atomic E-state index is 5.35. The Balaban J connectivity index is 3.31. The molecular weight excluding hydrogens is 192 g/mol. The molecule has 0 saturated heterocycles. The van der Waals surface area contributed by atoms with Crippen LogP contribution >= 0.6 is 0 Å². The third-order valence-corrected chi connectivity index (χ3v) is 2.62. The van der Waals surface area contributed by atoms with E-state index < -0.39 is 0 Å². The molecule has 0 aromatic rings. The molecule has 0 aliphatic heterocycles. The van der Waals surface area contributed by atoms with Gasteiger partial charge in [-0.05, 0) is 27.9 Å². The summed E-state index contributed by atoms with van der Waals surface area (Å²) in [5.74, 6) is 0. The zero-order chi connectivity index (χ0) is 11.7. The van der Waals surface area contributed by atoms with Gasteiger partial charge in [0.25, 0.3) is 0 Å². The van der Waals surface area contributed by atoms with Crippen molar-refractivity contribution >= 4 is 0 Å². The molecule has 0 aliphatic carbocycles. The Hall–Kier alpha value is -0.160. The molecule has 0 aromatic carbocycles. The molecule has 0 amide bonds. The van der Waals surface area contributed by atoms with Crippen molar-refractivity contribution in [1.82, 2.24) is 10.2 Å². The summed E-state index contributed by atoms with van der Waals surface area (Å²) >= 11 is 0. The highest BCUT2D eigenvalue weighted by Crippen LogP contribution is 2.07. The van der Waals surface area contributed by atoms with Crippen LogP contribution in [0.3, 0.4) is 0 Å². The van der Waals surface area contributed by atoms with E-state index in [2.05, 4.69) is 38.2 Å². The minimum Gasteiger partial charge on any atom is -0.382 e. The minimum absolute atomic E-state index is 0.187. The van der Waals surface area contributed by atoms with Gasteiger partial charge in [0.2, 0.25) is 0 Å². The largest absolute Gasteiger partial charge is 0.382 e. The van der Waals surface area contributed by atoms with Crippen molar-refractivity contribution in [3.8, 4) is 0 Å². The molecule has 4 heteroatoms. The second-order valence-corrected chi connectivity index (χ2v) is 4.49. The third-order valence-electron chi connectivity index (χ3n) is 2.62. The summed E-state index contributed by atoms with van der Waals surface area (Å²) in [5.41, 5.74) is 0.187. The van der Waals surface area contributed by atoms with Crippen molar-refractivity contribution in [2.45, 2.75) is 19.4 Å². The molecule has 0 bridgehead atoms. The number of rotatable bonds is 9. The van der Waals surface area contributed by atoms with E-state index in [0.29, 0.717) is 13.2 Å². The van der Waals surface area contributed by atoms with Gasteiger partial charge in [-0.15, -0.1) is 0 Å². The lowest BCUT2D eigenvalue weighted by Gasteiger charge is -2.32. The summed E-state index contributed by atoms with van der Waals surface area (Å²) in [6.45, 7) is 8.37. The van der Waals surface area contributed by atoms with Crippen molar-refractivity contribution in [2.75, 3.05) is 54.1 Å². The average molecular weight is 218 g/mol. The predicted molar refractivity (Wildman–Crippen MR) is 63.3 cm³/mol. The molecule has 0 aromatic heterocycles.